The number of carbonyl (C=O) groups excluding carboxylic acids is 1. The molecule has 0 aliphatic carbocycles. The number of carboxylic acid groups (broad SMARTS) is 1. The van der Waals surface area contributed by atoms with E-state index in [9.17, 15) is 14.7 Å². The van der Waals surface area contributed by atoms with Crippen molar-refractivity contribution in [2.45, 2.75) is 44.8 Å². The van der Waals surface area contributed by atoms with Crippen molar-refractivity contribution in [3.63, 3.8) is 0 Å². The summed E-state index contributed by atoms with van der Waals surface area (Å²) in [5.74, 6) is 0.699. The molecular weight excluding hydrogens is 378 g/mol. The first kappa shape index (κ1) is 22.3. The van der Waals surface area contributed by atoms with Crippen molar-refractivity contribution in [2.75, 3.05) is 24.7 Å². The van der Waals surface area contributed by atoms with Crippen LogP contribution in [0.25, 0.3) is 0 Å². The van der Waals surface area contributed by atoms with E-state index in [0.717, 1.165) is 23.5 Å². The Labute approximate surface area is 170 Å². The molecule has 0 aromatic heterocycles. The first-order valence-corrected chi connectivity index (χ1v) is 10.8. The molecule has 28 heavy (non-hydrogen) atoms. The van der Waals surface area contributed by atoms with Gasteiger partial charge in [0.25, 0.3) is 0 Å². The van der Waals surface area contributed by atoms with Crippen LogP contribution in [-0.4, -0.2) is 64.0 Å². The lowest BCUT2D eigenvalue weighted by atomic mass is 10.0. The molecular formula is C21H29NO5S. The van der Waals surface area contributed by atoms with E-state index in [2.05, 4.69) is 19.1 Å². The number of nitrogens with zero attached hydrogens (tertiary/aromatic N) is 1. The zero-order valence-electron chi connectivity index (χ0n) is 16.3. The minimum Gasteiger partial charge on any atom is -0.481 e. The smallest absolute Gasteiger partial charge is 0.410 e. The van der Waals surface area contributed by atoms with Crippen molar-refractivity contribution < 1.29 is 24.5 Å². The van der Waals surface area contributed by atoms with Crippen molar-refractivity contribution in [1.29, 1.82) is 0 Å². The van der Waals surface area contributed by atoms with E-state index >= 15 is 0 Å². The molecule has 2 atom stereocenters. The molecule has 1 amide bonds. The molecule has 1 aromatic rings. The second-order valence-corrected chi connectivity index (χ2v) is 8.00. The first-order valence-electron chi connectivity index (χ1n) is 9.66. The molecule has 0 unspecified atom stereocenters. The molecule has 1 aromatic carbocycles. The molecule has 1 saturated heterocycles. The third-order valence-corrected chi connectivity index (χ3v) is 5.62. The molecule has 1 aliphatic rings. The van der Waals surface area contributed by atoms with E-state index in [0.29, 0.717) is 19.4 Å². The monoisotopic (exact) mass is 407 g/mol. The molecule has 1 fully saturated rings. The Hall–Kier alpha value is -1.99. The van der Waals surface area contributed by atoms with Gasteiger partial charge in [0.05, 0.1) is 12.1 Å². The van der Waals surface area contributed by atoms with E-state index in [1.54, 1.807) is 22.7 Å². The first-order chi connectivity index (χ1) is 13.5. The summed E-state index contributed by atoms with van der Waals surface area (Å²) in [6.45, 7) is 2.93. The van der Waals surface area contributed by atoms with Crippen LogP contribution in [0.5, 0.6) is 0 Å². The Morgan fingerprint density at radius 1 is 1.39 bits per heavy atom. The number of hydrogen-bond acceptors (Lipinski definition) is 5. The summed E-state index contributed by atoms with van der Waals surface area (Å²) in [7, 11) is 0. The van der Waals surface area contributed by atoms with Crippen LogP contribution in [0.2, 0.25) is 0 Å². The normalized spacial score (nSPS) is 17.9. The van der Waals surface area contributed by atoms with Gasteiger partial charge in [-0.3, -0.25) is 9.69 Å². The second kappa shape index (κ2) is 11.8. The number of aliphatic carboxylic acids is 1. The number of amides is 1. The molecule has 0 saturated carbocycles. The van der Waals surface area contributed by atoms with Crippen LogP contribution in [0.4, 0.5) is 4.79 Å². The van der Waals surface area contributed by atoms with E-state index < -0.39 is 12.1 Å². The Kier molecular flexibility index (Phi) is 9.37. The number of rotatable bonds is 12. The highest BCUT2D eigenvalue weighted by Gasteiger charge is 2.30. The summed E-state index contributed by atoms with van der Waals surface area (Å²) in [6.07, 6.45) is 4.91. The van der Waals surface area contributed by atoms with Crippen LogP contribution in [0.1, 0.15) is 30.9 Å². The largest absolute Gasteiger partial charge is 0.481 e. The zero-order valence-corrected chi connectivity index (χ0v) is 17.1. The van der Waals surface area contributed by atoms with E-state index in [4.69, 9.17) is 9.84 Å². The van der Waals surface area contributed by atoms with Gasteiger partial charge in [-0.05, 0) is 29.7 Å². The molecule has 2 rings (SSSR count). The van der Waals surface area contributed by atoms with Gasteiger partial charge in [0.2, 0.25) is 0 Å². The fraction of sp³-hybridized carbons (Fsp3) is 0.524. The fourth-order valence-electron chi connectivity index (χ4n) is 3.01. The molecule has 1 heterocycles. The van der Waals surface area contributed by atoms with Gasteiger partial charge in [0.1, 0.15) is 6.61 Å². The lowest BCUT2D eigenvalue weighted by Gasteiger charge is -2.18. The van der Waals surface area contributed by atoms with Crippen molar-refractivity contribution in [3.05, 3.63) is 47.5 Å². The molecule has 0 bridgehead atoms. The number of benzene rings is 1. The highest BCUT2D eigenvalue weighted by atomic mass is 32.2. The maximum absolute atomic E-state index is 11.9. The van der Waals surface area contributed by atoms with Crippen molar-refractivity contribution >= 4 is 23.8 Å². The van der Waals surface area contributed by atoms with Gasteiger partial charge >= 0.3 is 12.1 Å². The predicted octanol–water partition coefficient (Wildman–Crippen LogP) is 3.13. The Bertz CT molecular complexity index is 679. The zero-order chi connectivity index (χ0) is 20.4. The number of aliphatic hydroxyl groups is 1. The number of carbonyl (C=O) groups is 2. The summed E-state index contributed by atoms with van der Waals surface area (Å²) in [6, 6.07) is 8.01. The molecule has 7 heteroatoms. The van der Waals surface area contributed by atoms with E-state index in [1.165, 1.54) is 5.56 Å². The summed E-state index contributed by atoms with van der Waals surface area (Å²) in [5, 5.41) is 18.9. The van der Waals surface area contributed by atoms with E-state index in [-0.39, 0.29) is 25.2 Å². The summed E-state index contributed by atoms with van der Waals surface area (Å²) >= 11 is 1.63. The Balaban J connectivity index is 1.78. The van der Waals surface area contributed by atoms with Gasteiger partial charge in [-0.1, -0.05) is 43.3 Å². The molecule has 0 radical (unpaired) electrons. The number of aryl methyl sites for hydroxylation is 1. The molecule has 2 N–H and O–H groups in total. The van der Waals surface area contributed by atoms with Gasteiger partial charge < -0.3 is 14.9 Å². The average Bonchev–Trinajstić information content (AvgIpc) is 3.02. The summed E-state index contributed by atoms with van der Waals surface area (Å²) < 4.78 is 5.14. The van der Waals surface area contributed by atoms with Gasteiger partial charge in [0, 0.05) is 25.1 Å². The Morgan fingerprint density at radius 2 is 2.18 bits per heavy atom. The number of aliphatic hydroxyl groups excluding tert-OH is 1. The number of carboxylic acids is 1. The topological polar surface area (TPSA) is 87.1 Å². The minimum absolute atomic E-state index is 0.170. The quantitative estimate of drug-likeness (QED) is 0.409. The summed E-state index contributed by atoms with van der Waals surface area (Å²) in [4.78, 5) is 24.1. The van der Waals surface area contributed by atoms with Crippen LogP contribution < -0.4 is 0 Å². The molecule has 154 valence electrons. The second-order valence-electron chi connectivity index (χ2n) is 6.78. The number of cyclic esters (lactones) is 1. The highest BCUT2D eigenvalue weighted by Crippen LogP contribution is 2.16. The van der Waals surface area contributed by atoms with Crippen LogP contribution in [-0.2, 0) is 22.4 Å². The molecule has 1 aliphatic heterocycles. The lowest BCUT2D eigenvalue weighted by Crippen LogP contribution is -2.34. The van der Waals surface area contributed by atoms with Gasteiger partial charge in [-0.2, -0.15) is 11.8 Å². The highest BCUT2D eigenvalue weighted by molar-refractivity contribution is 7.99. The molecule has 0 spiro atoms. The number of thioether (sulfide) groups is 1. The van der Waals surface area contributed by atoms with Gasteiger partial charge in [0.15, 0.2) is 0 Å². The third kappa shape index (κ3) is 7.56. The molecule has 6 nitrogen and oxygen atoms in total. The van der Waals surface area contributed by atoms with Crippen LogP contribution in [0.15, 0.2) is 36.4 Å². The fourth-order valence-corrected chi connectivity index (χ4v) is 3.89. The average molecular weight is 408 g/mol. The summed E-state index contributed by atoms with van der Waals surface area (Å²) in [5.41, 5.74) is 2.33. The lowest BCUT2D eigenvalue weighted by molar-refractivity contribution is -0.137. The van der Waals surface area contributed by atoms with E-state index in [1.807, 2.05) is 18.2 Å². The maximum Gasteiger partial charge on any atom is 0.410 e. The van der Waals surface area contributed by atoms with Crippen molar-refractivity contribution in [1.82, 2.24) is 4.90 Å². The minimum atomic E-state index is -0.783. The predicted molar refractivity (Wildman–Crippen MR) is 111 cm³/mol. The standard InChI is InChI=1S/C21H29NO5S/c1-2-16-5-3-6-17(13-16)14-19(23)9-8-18-15-27-21(26)22(18)10-12-28-11-4-7-20(24)25/h3,5-6,8-9,13,18-19,23H,2,4,7,10-12,14-15H2,1H3,(H,24,25)/b9-8+/t18-,19+/m0/s1. The number of hydrogen-bond donors (Lipinski definition) is 2. The van der Waals surface area contributed by atoms with Crippen molar-refractivity contribution in [2.24, 2.45) is 0 Å². The SMILES string of the molecule is CCc1cccc(C[C@H](O)/C=C/[C@H]2COC(=O)N2CCSCCCC(=O)O)c1. The van der Waals surface area contributed by atoms with Crippen LogP contribution in [0.3, 0.4) is 0 Å². The maximum atomic E-state index is 11.9. The number of ether oxygens (including phenoxy) is 1. The Morgan fingerprint density at radius 3 is 2.93 bits per heavy atom. The third-order valence-electron chi connectivity index (χ3n) is 4.57. The van der Waals surface area contributed by atoms with Gasteiger partial charge in [-0.15, -0.1) is 0 Å². The van der Waals surface area contributed by atoms with Crippen LogP contribution >= 0.6 is 11.8 Å². The van der Waals surface area contributed by atoms with Crippen molar-refractivity contribution in [3.8, 4) is 0 Å². The van der Waals surface area contributed by atoms with Gasteiger partial charge in [-0.25, -0.2) is 4.79 Å². The van der Waals surface area contributed by atoms with Crippen LogP contribution in [0, 0.1) is 0 Å².